The van der Waals surface area contributed by atoms with Crippen molar-refractivity contribution >= 4 is 9.84 Å². The molecule has 1 N–H and O–H groups in total. The number of aliphatic hydroxyl groups is 1. The van der Waals surface area contributed by atoms with E-state index in [2.05, 4.69) is 6.92 Å². The largest absolute Gasteiger partial charge is 0.396 e. The van der Waals surface area contributed by atoms with Crippen LogP contribution in [0.15, 0.2) is 0 Å². The highest BCUT2D eigenvalue weighted by Gasteiger charge is 2.08. The Morgan fingerprint density at radius 2 is 1.92 bits per heavy atom. The molecule has 0 radical (unpaired) electrons. The summed E-state index contributed by atoms with van der Waals surface area (Å²) in [4.78, 5) is 0. The summed E-state index contributed by atoms with van der Waals surface area (Å²) < 4.78 is 21.6. The van der Waals surface area contributed by atoms with Crippen molar-refractivity contribution in [2.24, 2.45) is 5.92 Å². The molecule has 3 nitrogen and oxygen atoms in total. The predicted molar refractivity (Wildman–Crippen MR) is 54.4 cm³/mol. The Kier molecular flexibility index (Phi) is 6.33. The van der Waals surface area contributed by atoms with E-state index in [1.54, 1.807) is 0 Å². The van der Waals surface area contributed by atoms with E-state index in [-0.39, 0.29) is 18.3 Å². The Morgan fingerprint density at radius 3 is 2.31 bits per heavy atom. The molecule has 0 saturated heterocycles. The van der Waals surface area contributed by atoms with Crippen molar-refractivity contribution in [2.45, 2.75) is 32.6 Å². The third-order valence-corrected chi connectivity index (χ3v) is 3.11. The zero-order chi connectivity index (χ0) is 10.3. The number of sulfone groups is 1. The molecule has 0 aliphatic carbocycles. The minimum atomic E-state index is -2.82. The van der Waals surface area contributed by atoms with Crippen molar-refractivity contribution in [3.05, 3.63) is 0 Å². The van der Waals surface area contributed by atoms with Crippen LogP contribution in [-0.4, -0.2) is 32.1 Å². The van der Waals surface area contributed by atoms with E-state index >= 15 is 0 Å². The lowest BCUT2D eigenvalue weighted by Gasteiger charge is -2.11. The lowest BCUT2D eigenvalue weighted by Crippen LogP contribution is -2.09. The van der Waals surface area contributed by atoms with Crippen LogP contribution in [0, 0.1) is 5.92 Å². The summed E-state index contributed by atoms with van der Waals surface area (Å²) in [6.07, 6.45) is 4.77. The zero-order valence-electron chi connectivity index (χ0n) is 8.49. The summed E-state index contributed by atoms with van der Waals surface area (Å²) in [7, 11) is -2.82. The van der Waals surface area contributed by atoms with Crippen LogP contribution in [-0.2, 0) is 9.84 Å². The summed E-state index contributed by atoms with van der Waals surface area (Å²) in [6, 6.07) is 0. The molecule has 1 atom stereocenters. The van der Waals surface area contributed by atoms with Crippen molar-refractivity contribution in [3.8, 4) is 0 Å². The molecule has 13 heavy (non-hydrogen) atoms. The minimum absolute atomic E-state index is 0.178. The van der Waals surface area contributed by atoms with E-state index in [1.807, 2.05) is 0 Å². The maximum Gasteiger partial charge on any atom is 0.147 e. The third-order valence-electron chi connectivity index (χ3n) is 2.08. The van der Waals surface area contributed by atoms with Gasteiger partial charge in [0.15, 0.2) is 0 Å². The molecular weight excluding hydrogens is 188 g/mol. The molecule has 0 aliphatic heterocycles. The Morgan fingerprint density at radius 1 is 1.31 bits per heavy atom. The van der Waals surface area contributed by atoms with Crippen LogP contribution < -0.4 is 0 Å². The summed E-state index contributed by atoms with van der Waals surface area (Å²) in [6.45, 7) is 2.25. The smallest absolute Gasteiger partial charge is 0.147 e. The molecule has 0 amide bonds. The topological polar surface area (TPSA) is 54.4 Å². The van der Waals surface area contributed by atoms with Gasteiger partial charge in [0.25, 0.3) is 0 Å². The van der Waals surface area contributed by atoms with Gasteiger partial charge in [-0.15, -0.1) is 0 Å². The van der Waals surface area contributed by atoms with Gasteiger partial charge in [-0.1, -0.05) is 13.3 Å². The number of rotatable bonds is 7. The first-order chi connectivity index (χ1) is 5.99. The highest BCUT2D eigenvalue weighted by Crippen LogP contribution is 2.12. The molecule has 4 heteroatoms. The molecular formula is C9H20O3S. The quantitative estimate of drug-likeness (QED) is 0.684. The third kappa shape index (κ3) is 8.25. The van der Waals surface area contributed by atoms with Crippen molar-refractivity contribution in [1.29, 1.82) is 0 Å². The van der Waals surface area contributed by atoms with E-state index in [0.29, 0.717) is 6.42 Å². The van der Waals surface area contributed by atoms with Gasteiger partial charge in [-0.05, 0) is 25.2 Å². The van der Waals surface area contributed by atoms with Crippen LogP contribution in [0.1, 0.15) is 32.6 Å². The highest BCUT2D eigenvalue weighted by atomic mass is 32.2. The normalized spacial score (nSPS) is 14.4. The van der Waals surface area contributed by atoms with Gasteiger partial charge in [-0.2, -0.15) is 0 Å². The van der Waals surface area contributed by atoms with E-state index in [1.165, 1.54) is 6.26 Å². The average Bonchev–Trinajstić information content (AvgIpc) is 2.01. The number of hydrogen-bond donors (Lipinski definition) is 1. The van der Waals surface area contributed by atoms with Crippen molar-refractivity contribution in [1.82, 2.24) is 0 Å². The first kappa shape index (κ1) is 12.9. The Bertz CT molecular complexity index is 209. The van der Waals surface area contributed by atoms with Gasteiger partial charge in [-0.25, -0.2) is 8.42 Å². The van der Waals surface area contributed by atoms with Gasteiger partial charge < -0.3 is 5.11 Å². The SMILES string of the molecule is CCCC(CO)CCCS(C)(=O)=O. The van der Waals surface area contributed by atoms with Gasteiger partial charge in [0.05, 0.1) is 0 Å². The van der Waals surface area contributed by atoms with Gasteiger partial charge in [0.1, 0.15) is 9.84 Å². The second-order valence-electron chi connectivity index (χ2n) is 3.61. The molecule has 0 aromatic carbocycles. The fourth-order valence-corrected chi connectivity index (χ4v) is 2.06. The molecule has 0 saturated carbocycles. The van der Waals surface area contributed by atoms with E-state index in [9.17, 15) is 8.42 Å². The minimum Gasteiger partial charge on any atom is -0.396 e. The highest BCUT2D eigenvalue weighted by molar-refractivity contribution is 7.90. The van der Waals surface area contributed by atoms with Gasteiger partial charge in [0.2, 0.25) is 0 Å². The molecule has 1 unspecified atom stereocenters. The van der Waals surface area contributed by atoms with Crippen LogP contribution in [0.4, 0.5) is 0 Å². The number of hydrogen-bond acceptors (Lipinski definition) is 3. The summed E-state index contributed by atoms with van der Waals surface area (Å²) >= 11 is 0. The average molecular weight is 208 g/mol. The Balaban J connectivity index is 3.61. The first-order valence-electron chi connectivity index (χ1n) is 4.78. The zero-order valence-corrected chi connectivity index (χ0v) is 9.31. The summed E-state index contributed by atoms with van der Waals surface area (Å²) in [5.74, 6) is 0.527. The van der Waals surface area contributed by atoms with Crippen LogP contribution in [0.5, 0.6) is 0 Å². The summed E-state index contributed by atoms with van der Waals surface area (Å²) in [5.41, 5.74) is 0. The van der Waals surface area contributed by atoms with Crippen LogP contribution in [0.3, 0.4) is 0 Å². The van der Waals surface area contributed by atoms with Crippen LogP contribution >= 0.6 is 0 Å². The molecule has 0 heterocycles. The van der Waals surface area contributed by atoms with E-state index in [4.69, 9.17) is 5.11 Å². The molecule has 0 spiro atoms. The Labute approximate surface area is 81.1 Å². The molecule has 0 bridgehead atoms. The molecule has 0 rings (SSSR count). The monoisotopic (exact) mass is 208 g/mol. The van der Waals surface area contributed by atoms with Crippen LogP contribution in [0.25, 0.3) is 0 Å². The Hall–Kier alpha value is -0.0900. The fourth-order valence-electron chi connectivity index (χ4n) is 1.37. The number of aliphatic hydroxyl groups excluding tert-OH is 1. The first-order valence-corrected chi connectivity index (χ1v) is 6.84. The second-order valence-corrected chi connectivity index (χ2v) is 5.87. The van der Waals surface area contributed by atoms with E-state index < -0.39 is 9.84 Å². The van der Waals surface area contributed by atoms with Gasteiger partial charge >= 0.3 is 0 Å². The van der Waals surface area contributed by atoms with Crippen molar-refractivity contribution in [2.75, 3.05) is 18.6 Å². The maximum atomic E-state index is 10.8. The summed E-state index contributed by atoms with van der Waals surface area (Å²) in [5, 5.41) is 8.94. The standard InChI is InChI=1S/C9H20O3S/c1-3-5-9(8-10)6-4-7-13(2,11)12/h9-10H,3-8H2,1-2H3. The maximum absolute atomic E-state index is 10.8. The van der Waals surface area contributed by atoms with Crippen LogP contribution in [0.2, 0.25) is 0 Å². The molecule has 0 fully saturated rings. The molecule has 0 aromatic heterocycles. The van der Waals surface area contributed by atoms with Crippen molar-refractivity contribution in [3.63, 3.8) is 0 Å². The van der Waals surface area contributed by atoms with Crippen molar-refractivity contribution < 1.29 is 13.5 Å². The fraction of sp³-hybridized carbons (Fsp3) is 1.00. The molecule has 80 valence electrons. The lowest BCUT2D eigenvalue weighted by atomic mass is 10.00. The van der Waals surface area contributed by atoms with Gasteiger partial charge in [-0.3, -0.25) is 0 Å². The van der Waals surface area contributed by atoms with Gasteiger partial charge in [0, 0.05) is 18.6 Å². The lowest BCUT2D eigenvalue weighted by molar-refractivity contribution is 0.209. The molecule has 0 aliphatic rings. The van der Waals surface area contributed by atoms with E-state index in [0.717, 1.165) is 19.3 Å². The second kappa shape index (κ2) is 6.38. The molecule has 0 aromatic rings. The predicted octanol–water partition coefficient (Wildman–Crippen LogP) is 1.22.